The van der Waals surface area contributed by atoms with Crippen molar-refractivity contribution in [3.05, 3.63) is 72.4 Å². The minimum Gasteiger partial charge on any atom is -0.497 e. The van der Waals surface area contributed by atoms with Crippen molar-refractivity contribution in [2.75, 3.05) is 45.2 Å². The fourth-order valence-corrected chi connectivity index (χ4v) is 4.39. The first-order valence-corrected chi connectivity index (χ1v) is 11.9. The number of amides is 2. The molecule has 0 bridgehead atoms. The monoisotopic (exact) mass is 470 g/mol. The smallest absolute Gasteiger partial charge is 0.321 e. The molecule has 1 fully saturated rings. The number of hydrogen-bond donors (Lipinski definition) is 1. The zero-order valence-corrected chi connectivity index (χ0v) is 20.1. The van der Waals surface area contributed by atoms with E-state index in [0.717, 1.165) is 60.2 Å². The minimum atomic E-state index is -0.0683. The summed E-state index contributed by atoms with van der Waals surface area (Å²) in [7, 11) is 1.63. The van der Waals surface area contributed by atoms with Crippen molar-refractivity contribution in [1.82, 2.24) is 24.3 Å². The van der Waals surface area contributed by atoms with Gasteiger partial charge in [-0.25, -0.2) is 14.8 Å². The van der Waals surface area contributed by atoms with Crippen LogP contribution in [0, 0.1) is 6.92 Å². The molecule has 1 N–H and O–H groups in total. The quantitative estimate of drug-likeness (QED) is 0.456. The number of carbonyl (C=O) groups is 1. The van der Waals surface area contributed by atoms with Gasteiger partial charge in [0.05, 0.1) is 7.11 Å². The van der Waals surface area contributed by atoms with Gasteiger partial charge in [0.2, 0.25) is 0 Å². The number of urea groups is 1. The van der Waals surface area contributed by atoms with Gasteiger partial charge in [0.25, 0.3) is 0 Å². The van der Waals surface area contributed by atoms with E-state index >= 15 is 0 Å². The summed E-state index contributed by atoms with van der Waals surface area (Å²) in [6.45, 7) is 6.78. The van der Waals surface area contributed by atoms with Crippen LogP contribution < -0.4 is 10.1 Å². The van der Waals surface area contributed by atoms with E-state index in [1.165, 1.54) is 5.56 Å². The molecule has 3 heterocycles. The molecule has 0 unspecified atom stereocenters. The largest absolute Gasteiger partial charge is 0.497 e. The Morgan fingerprint density at radius 2 is 1.71 bits per heavy atom. The number of hydrogen-bond acceptors (Lipinski definition) is 5. The van der Waals surface area contributed by atoms with Crippen molar-refractivity contribution < 1.29 is 9.53 Å². The molecule has 8 nitrogen and oxygen atoms in total. The van der Waals surface area contributed by atoms with Crippen LogP contribution in [0.3, 0.4) is 0 Å². The number of anilines is 1. The third kappa shape index (κ3) is 5.12. The van der Waals surface area contributed by atoms with E-state index in [0.29, 0.717) is 13.1 Å². The first-order chi connectivity index (χ1) is 17.1. The summed E-state index contributed by atoms with van der Waals surface area (Å²) in [5.41, 5.74) is 4.89. The molecule has 4 aromatic rings. The van der Waals surface area contributed by atoms with Crippen molar-refractivity contribution in [2.45, 2.75) is 13.5 Å². The normalized spacial score (nSPS) is 14.3. The zero-order chi connectivity index (χ0) is 24.2. The molecule has 0 spiro atoms. The second kappa shape index (κ2) is 10.1. The first kappa shape index (κ1) is 22.9. The highest BCUT2D eigenvalue weighted by molar-refractivity contribution is 5.89. The van der Waals surface area contributed by atoms with Crippen LogP contribution in [-0.2, 0) is 6.54 Å². The number of rotatable bonds is 6. The van der Waals surface area contributed by atoms with Gasteiger partial charge in [0, 0.05) is 56.7 Å². The van der Waals surface area contributed by atoms with Gasteiger partial charge in [-0.15, -0.1) is 0 Å². The van der Waals surface area contributed by atoms with Crippen LogP contribution in [0.25, 0.3) is 22.6 Å². The van der Waals surface area contributed by atoms with Crippen molar-refractivity contribution in [3.8, 4) is 17.1 Å². The number of nitrogens with one attached hydrogen (secondary N) is 1. The Hall–Kier alpha value is -3.91. The van der Waals surface area contributed by atoms with Gasteiger partial charge in [0.15, 0.2) is 5.65 Å². The summed E-state index contributed by atoms with van der Waals surface area (Å²) in [4.78, 5) is 26.4. The maximum Gasteiger partial charge on any atom is 0.321 e. The fraction of sp³-hybridized carbons (Fsp3) is 0.296. The van der Waals surface area contributed by atoms with Gasteiger partial charge in [-0.3, -0.25) is 4.90 Å². The summed E-state index contributed by atoms with van der Waals surface area (Å²) in [6.07, 6.45) is 1.82. The highest BCUT2D eigenvalue weighted by Gasteiger charge is 2.22. The molecule has 1 aliphatic rings. The van der Waals surface area contributed by atoms with Crippen molar-refractivity contribution in [2.24, 2.45) is 0 Å². The highest BCUT2D eigenvalue weighted by Crippen LogP contribution is 2.24. The molecule has 2 amide bonds. The van der Waals surface area contributed by atoms with Gasteiger partial charge in [-0.05, 0) is 43.3 Å². The van der Waals surface area contributed by atoms with Gasteiger partial charge in [-0.2, -0.15) is 0 Å². The lowest BCUT2D eigenvalue weighted by Crippen LogP contribution is -2.50. The second-order valence-corrected chi connectivity index (χ2v) is 8.79. The van der Waals surface area contributed by atoms with Crippen LogP contribution in [0.15, 0.2) is 66.9 Å². The number of fused-ring (bicyclic) bond motifs is 1. The lowest BCUT2D eigenvalue weighted by atomic mass is 10.1. The van der Waals surface area contributed by atoms with Gasteiger partial charge < -0.3 is 19.5 Å². The van der Waals surface area contributed by atoms with E-state index in [4.69, 9.17) is 9.72 Å². The summed E-state index contributed by atoms with van der Waals surface area (Å²) in [5, 5.41) is 2.97. The molecule has 0 atom stereocenters. The molecule has 2 aromatic carbocycles. The van der Waals surface area contributed by atoms with Crippen molar-refractivity contribution in [3.63, 3.8) is 0 Å². The molecule has 8 heteroatoms. The van der Waals surface area contributed by atoms with Crippen LogP contribution in [0.2, 0.25) is 0 Å². The van der Waals surface area contributed by atoms with Crippen molar-refractivity contribution in [1.29, 1.82) is 0 Å². The third-order valence-corrected chi connectivity index (χ3v) is 6.45. The number of benzene rings is 2. The number of nitrogens with zero attached hydrogens (tertiary/aromatic N) is 5. The molecule has 0 aliphatic carbocycles. The Morgan fingerprint density at radius 3 is 2.43 bits per heavy atom. The predicted molar refractivity (Wildman–Crippen MR) is 138 cm³/mol. The second-order valence-electron chi connectivity index (χ2n) is 8.79. The van der Waals surface area contributed by atoms with Gasteiger partial charge in [-0.1, -0.05) is 29.8 Å². The van der Waals surface area contributed by atoms with E-state index in [-0.39, 0.29) is 6.03 Å². The summed E-state index contributed by atoms with van der Waals surface area (Å²) in [6, 6.07) is 19.7. The van der Waals surface area contributed by atoms with Crippen LogP contribution >= 0.6 is 0 Å². The molecule has 1 saturated heterocycles. The van der Waals surface area contributed by atoms with E-state index in [1.54, 1.807) is 7.11 Å². The first-order valence-electron chi connectivity index (χ1n) is 11.9. The average molecular weight is 471 g/mol. The number of pyridine rings is 1. The zero-order valence-electron chi connectivity index (χ0n) is 20.1. The topological polar surface area (TPSA) is 75.5 Å². The number of aromatic nitrogens is 3. The fourth-order valence-electron chi connectivity index (χ4n) is 4.39. The van der Waals surface area contributed by atoms with Crippen LogP contribution in [0.5, 0.6) is 5.75 Å². The Bertz CT molecular complexity index is 1290. The molecule has 180 valence electrons. The lowest BCUT2D eigenvalue weighted by molar-refractivity contribution is 0.145. The Balaban J connectivity index is 1.21. The number of imidazole rings is 1. The van der Waals surface area contributed by atoms with Crippen LogP contribution in [-0.4, -0.2) is 70.2 Å². The molecular formula is C27H30N6O2. The third-order valence-electron chi connectivity index (χ3n) is 6.45. The van der Waals surface area contributed by atoms with E-state index < -0.39 is 0 Å². The maximum absolute atomic E-state index is 12.7. The van der Waals surface area contributed by atoms with Gasteiger partial charge >= 0.3 is 6.03 Å². The molecule has 0 radical (unpaired) electrons. The Labute approximate surface area is 205 Å². The Morgan fingerprint density at radius 1 is 0.971 bits per heavy atom. The maximum atomic E-state index is 12.7. The Kier molecular flexibility index (Phi) is 6.63. The molecule has 35 heavy (non-hydrogen) atoms. The molecule has 0 saturated carbocycles. The standard InChI is InChI=1S/C27H30N6O2/c1-20-5-7-21(8-6-20)25-30-24-4-3-13-28-26(24)33(25)19-16-31-14-17-32(18-15-31)27(34)29-22-9-11-23(35-2)12-10-22/h3-13H,14-19H2,1-2H3,(H,29,34). The summed E-state index contributed by atoms with van der Waals surface area (Å²) in [5.74, 6) is 1.71. The van der Waals surface area contributed by atoms with E-state index in [2.05, 4.69) is 51.0 Å². The number of methoxy groups -OCH3 is 1. The highest BCUT2D eigenvalue weighted by atomic mass is 16.5. The predicted octanol–water partition coefficient (Wildman–Crippen LogP) is 4.27. The number of piperazine rings is 1. The van der Waals surface area contributed by atoms with Gasteiger partial charge in [0.1, 0.15) is 17.1 Å². The van der Waals surface area contributed by atoms with E-state index in [1.807, 2.05) is 47.5 Å². The van der Waals surface area contributed by atoms with Crippen LogP contribution in [0.1, 0.15) is 5.56 Å². The SMILES string of the molecule is COc1ccc(NC(=O)N2CCN(CCn3c(-c4ccc(C)cc4)nc4cccnc43)CC2)cc1. The number of aryl methyl sites for hydroxylation is 1. The molecule has 2 aromatic heterocycles. The summed E-state index contributed by atoms with van der Waals surface area (Å²) >= 11 is 0. The van der Waals surface area contributed by atoms with E-state index in [9.17, 15) is 4.79 Å². The molecule has 1 aliphatic heterocycles. The summed E-state index contributed by atoms with van der Waals surface area (Å²) < 4.78 is 7.39. The van der Waals surface area contributed by atoms with Crippen LogP contribution in [0.4, 0.5) is 10.5 Å². The number of ether oxygens (including phenoxy) is 1. The lowest BCUT2D eigenvalue weighted by Gasteiger charge is -2.34. The van der Waals surface area contributed by atoms with Crippen molar-refractivity contribution >= 4 is 22.9 Å². The number of carbonyl (C=O) groups excluding carboxylic acids is 1. The minimum absolute atomic E-state index is 0.0683. The average Bonchev–Trinajstić information content (AvgIpc) is 3.27. The molecular weight excluding hydrogens is 440 g/mol. The molecule has 5 rings (SSSR count).